The zero-order valence-electron chi connectivity index (χ0n) is 14.2. The number of hydrogen-bond donors (Lipinski definition) is 2. The average molecular weight is 350 g/mol. The standard InChI is InChI=1S/C19H21F3N2O/c1-13-7-9-15(10-8-13)12-23-14(2)11-18(25)24-17-6-4-3-5-16(17)19(20,21)22/h3-10,14,23H,11-12H2,1-2H3,(H,24,25). The largest absolute Gasteiger partial charge is 0.418 e. The summed E-state index contributed by atoms with van der Waals surface area (Å²) in [7, 11) is 0. The molecule has 2 rings (SSSR count). The van der Waals surface area contributed by atoms with Crippen LogP contribution < -0.4 is 10.6 Å². The molecular weight excluding hydrogens is 329 g/mol. The van der Waals surface area contributed by atoms with E-state index in [1.807, 2.05) is 38.1 Å². The van der Waals surface area contributed by atoms with Gasteiger partial charge in [0.1, 0.15) is 0 Å². The number of rotatable bonds is 6. The van der Waals surface area contributed by atoms with Gasteiger partial charge in [-0.1, -0.05) is 42.0 Å². The van der Waals surface area contributed by atoms with Gasteiger partial charge < -0.3 is 10.6 Å². The maximum absolute atomic E-state index is 12.9. The van der Waals surface area contributed by atoms with Crippen LogP contribution in [0.2, 0.25) is 0 Å². The molecule has 0 saturated heterocycles. The Morgan fingerprint density at radius 1 is 1.08 bits per heavy atom. The molecule has 134 valence electrons. The first-order valence-electron chi connectivity index (χ1n) is 8.00. The van der Waals surface area contributed by atoms with Crippen LogP contribution in [0.15, 0.2) is 48.5 Å². The number of para-hydroxylation sites is 1. The van der Waals surface area contributed by atoms with Crippen LogP contribution in [-0.2, 0) is 17.5 Å². The highest BCUT2D eigenvalue weighted by atomic mass is 19.4. The average Bonchev–Trinajstić information content (AvgIpc) is 2.53. The van der Waals surface area contributed by atoms with Crippen LogP contribution >= 0.6 is 0 Å². The Labute approximate surface area is 145 Å². The van der Waals surface area contributed by atoms with Crippen LogP contribution in [0.4, 0.5) is 18.9 Å². The lowest BCUT2D eigenvalue weighted by molar-refractivity contribution is -0.137. The summed E-state index contributed by atoms with van der Waals surface area (Å²) >= 11 is 0. The van der Waals surface area contributed by atoms with Gasteiger partial charge >= 0.3 is 6.18 Å². The zero-order chi connectivity index (χ0) is 18.4. The summed E-state index contributed by atoms with van der Waals surface area (Å²) in [5.74, 6) is -0.458. The molecule has 0 radical (unpaired) electrons. The van der Waals surface area contributed by atoms with E-state index in [4.69, 9.17) is 0 Å². The van der Waals surface area contributed by atoms with Crippen molar-refractivity contribution in [1.29, 1.82) is 0 Å². The number of alkyl halides is 3. The Kier molecular flexibility index (Phi) is 6.20. The number of amides is 1. The SMILES string of the molecule is Cc1ccc(CNC(C)CC(=O)Nc2ccccc2C(F)(F)F)cc1. The molecule has 25 heavy (non-hydrogen) atoms. The van der Waals surface area contributed by atoms with Crippen molar-refractivity contribution in [2.45, 2.75) is 39.0 Å². The fourth-order valence-corrected chi connectivity index (χ4v) is 2.39. The molecule has 0 bridgehead atoms. The van der Waals surface area contributed by atoms with Crippen LogP contribution in [0, 0.1) is 6.92 Å². The van der Waals surface area contributed by atoms with E-state index in [9.17, 15) is 18.0 Å². The first-order chi connectivity index (χ1) is 11.8. The lowest BCUT2D eigenvalue weighted by atomic mass is 10.1. The molecule has 0 fully saturated rings. The number of carbonyl (C=O) groups is 1. The van der Waals surface area contributed by atoms with Crippen molar-refractivity contribution in [3.05, 3.63) is 65.2 Å². The Balaban J connectivity index is 1.89. The Morgan fingerprint density at radius 2 is 1.72 bits per heavy atom. The first-order valence-corrected chi connectivity index (χ1v) is 8.00. The van der Waals surface area contributed by atoms with Gasteiger partial charge in [0, 0.05) is 19.0 Å². The van der Waals surface area contributed by atoms with E-state index in [1.54, 1.807) is 0 Å². The number of halogens is 3. The van der Waals surface area contributed by atoms with Crippen molar-refractivity contribution in [1.82, 2.24) is 5.32 Å². The fraction of sp³-hybridized carbons (Fsp3) is 0.316. The van der Waals surface area contributed by atoms with Crippen molar-refractivity contribution in [3.63, 3.8) is 0 Å². The number of anilines is 1. The topological polar surface area (TPSA) is 41.1 Å². The van der Waals surface area contributed by atoms with E-state index in [2.05, 4.69) is 10.6 Å². The Morgan fingerprint density at radius 3 is 2.36 bits per heavy atom. The predicted octanol–water partition coefficient (Wildman–Crippen LogP) is 4.52. The van der Waals surface area contributed by atoms with Crippen molar-refractivity contribution in [2.24, 2.45) is 0 Å². The number of nitrogens with one attached hydrogen (secondary N) is 2. The summed E-state index contributed by atoms with van der Waals surface area (Å²) < 4.78 is 38.8. The maximum atomic E-state index is 12.9. The van der Waals surface area contributed by atoms with E-state index < -0.39 is 17.6 Å². The quantitative estimate of drug-likeness (QED) is 0.804. The van der Waals surface area contributed by atoms with Crippen LogP contribution in [0.25, 0.3) is 0 Å². The maximum Gasteiger partial charge on any atom is 0.418 e. The third-order valence-corrected chi connectivity index (χ3v) is 3.77. The third-order valence-electron chi connectivity index (χ3n) is 3.77. The van der Waals surface area contributed by atoms with Gasteiger partial charge in [-0.05, 0) is 31.5 Å². The molecule has 0 heterocycles. The Bertz CT molecular complexity index is 711. The molecule has 0 spiro atoms. The summed E-state index contributed by atoms with van der Waals surface area (Å²) in [4.78, 5) is 12.0. The molecule has 1 atom stereocenters. The summed E-state index contributed by atoms with van der Waals surface area (Å²) in [5, 5.41) is 5.55. The summed E-state index contributed by atoms with van der Waals surface area (Å²) in [6.45, 7) is 4.42. The van der Waals surface area contributed by atoms with E-state index in [-0.39, 0.29) is 18.2 Å². The molecule has 3 nitrogen and oxygen atoms in total. The molecule has 0 saturated carbocycles. The van der Waals surface area contributed by atoms with Crippen LogP contribution in [0.1, 0.15) is 30.0 Å². The number of hydrogen-bond acceptors (Lipinski definition) is 2. The summed E-state index contributed by atoms with van der Waals surface area (Å²) in [5.41, 5.74) is 1.19. The minimum absolute atomic E-state index is 0.0814. The van der Waals surface area contributed by atoms with Crippen molar-refractivity contribution >= 4 is 11.6 Å². The normalized spacial score (nSPS) is 12.7. The number of benzene rings is 2. The van der Waals surface area contributed by atoms with Gasteiger partial charge in [0.25, 0.3) is 0 Å². The van der Waals surface area contributed by atoms with Gasteiger partial charge in [-0.2, -0.15) is 13.2 Å². The second kappa shape index (κ2) is 8.16. The molecule has 6 heteroatoms. The highest BCUT2D eigenvalue weighted by Gasteiger charge is 2.33. The fourth-order valence-electron chi connectivity index (χ4n) is 2.39. The molecule has 0 aromatic heterocycles. The van der Waals surface area contributed by atoms with Gasteiger partial charge in [0.05, 0.1) is 11.3 Å². The lowest BCUT2D eigenvalue weighted by Gasteiger charge is -2.16. The second-order valence-electron chi connectivity index (χ2n) is 6.06. The van der Waals surface area contributed by atoms with Crippen LogP contribution in [-0.4, -0.2) is 11.9 Å². The van der Waals surface area contributed by atoms with Crippen molar-refractivity contribution in [3.8, 4) is 0 Å². The van der Waals surface area contributed by atoms with Crippen molar-refractivity contribution < 1.29 is 18.0 Å². The minimum atomic E-state index is -4.50. The van der Waals surface area contributed by atoms with E-state index in [0.29, 0.717) is 6.54 Å². The molecule has 2 N–H and O–H groups in total. The summed E-state index contributed by atoms with van der Waals surface area (Å²) in [6.07, 6.45) is -4.42. The van der Waals surface area contributed by atoms with E-state index >= 15 is 0 Å². The molecule has 2 aromatic rings. The second-order valence-corrected chi connectivity index (χ2v) is 6.06. The monoisotopic (exact) mass is 350 g/mol. The zero-order valence-corrected chi connectivity index (χ0v) is 14.2. The molecule has 1 unspecified atom stereocenters. The van der Waals surface area contributed by atoms with E-state index in [1.165, 1.54) is 23.8 Å². The highest BCUT2D eigenvalue weighted by molar-refractivity contribution is 5.92. The van der Waals surface area contributed by atoms with Gasteiger partial charge in [0.15, 0.2) is 0 Å². The molecule has 1 amide bonds. The first kappa shape index (κ1) is 19.0. The molecular formula is C19H21F3N2O. The van der Waals surface area contributed by atoms with Crippen LogP contribution in [0.3, 0.4) is 0 Å². The lowest BCUT2D eigenvalue weighted by Crippen LogP contribution is -2.30. The van der Waals surface area contributed by atoms with Gasteiger partial charge in [-0.25, -0.2) is 0 Å². The van der Waals surface area contributed by atoms with Gasteiger partial charge in [-0.3, -0.25) is 4.79 Å². The van der Waals surface area contributed by atoms with Gasteiger partial charge in [0.2, 0.25) is 5.91 Å². The molecule has 2 aromatic carbocycles. The Hall–Kier alpha value is -2.34. The smallest absolute Gasteiger partial charge is 0.325 e. The minimum Gasteiger partial charge on any atom is -0.325 e. The molecule has 0 aliphatic heterocycles. The molecule has 0 aliphatic rings. The van der Waals surface area contributed by atoms with Gasteiger partial charge in [-0.15, -0.1) is 0 Å². The molecule has 0 aliphatic carbocycles. The number of carbonyl (C=O) groups excluding carboxylic acids is 1. The predicted molar refractivity (Wildman–Crippen MR) is 92.2 cm³/mol. The third kappa shape index (κ3) is 5.90. The number of aryl methyl sites for hydroxylation is 1. The highest BCUT2D eigenvalue weighted by Crippen LogP contribution is 2.34. The van der Waals surface area contributed by atoms with E-state index in [0.717, 1.165) is 11.6 Å². The van der Waals surface area contributed by atoms with Crippen molar-refractivity contribution in [2.75, 3.05) is 5.32 Å². The van der Waals surface area contributed by atoms with Crippen LogP contribution in [0.5, 0.6) is 0 Å². The summed E-state index contributed by atoms with van der Waals surface area (Å²) in [6, 6.07) is 12.8.